The van der Waals surface area contributed by atoms with Crippen LogP contribution in [0.1, 0.15) is 12.5 Å². The number of nitrogens with zero attached hydrogens (tertiary/aromatic N) is 2. The molecule has 1 aromatic carbocycles. The molecule has 0 fully saturated rings. The quantitative estimate of drug-likeness (QED) is 0.801. The minimum Gasteiger partial charge on any atom is -0.476 e. The number of nitrogen functional groups attached to an aromatic ring is 2. The highest BCUT2D eigenvalue weighted by atomic mass is 16.7. The lowest BCUT2D eigenvalue weighted by atomic mass is 10.2. The van der Waals surface area contributed by atoms with Crippen molar-refractivity contribution in [1.29, 1.82) is 0 Å². The first-order valence-corrected chi connectivity index (χ1v) is 6.54. The van der Waals surface area contributed by atoms with Crippen molar-refractivity contribution in [3.05, 3.63) is 35.9 Å². The minimum absolute atomic E-state index is 0.0206. The number of anilines is 2. The largest absolute Gasteiger partial charge is 0.515 e. The first-order chi connectivity index (χ1) is 10.6. The van der Waals surface area contributed by atoms with Crippen LogP contribution in [-0.2, 0) is 11.3 Å². The number of ether oxygens (including phenoxy) is 3. The average Bonchev–Trinajstić information content (AvgIpc) is 2.51. The lowest BCUT2D eigenvalue weighted by molar-refractivity contribution is 0.0914. The van der Waals surface area contributed by atoms with E-state index in [0.717, 1.165) is 5.56 Å². The van der Waals surface area contributed by atoms with Crippen LogP contribution in [0.5, 0.6) is 11.8 Å². The summed E-state index contributed by atoms with van der Waals surface area (Å²) in [6.07, 6.45) is -0.948. The zero-order valence-corrected chi connectivity index (χ0v) is 12.0. The first-order valence-electron chi connectivity index (χ1n) is 6.54. The summed E-state index contributed by atoms with van der Waals surface area (Å²) >= 11 is 0. The molecule has 8 nitrogen and oxygen atoms in total. The van der Waals surface area contributed by atoms with Crippen molar-refractivity contribution >= 4 is 17.8 Å². The third-order valence-electron chi connectivity index (χ3n) is 2.55. The van der Waals surface area contributed by atoms with Gasteiger partial charge in [-0.2, -0.15) is 9.97 Å². The van der Waals surface area contributed by atoms with E-state index in [4.69, 9.17) is 25.7 Å². The number of carbonyl (C=O) groups excluding carboxylic acids is 1. The Morgan fingerprint density at radius 3 is 2.50 bits per heavy atom. The first kappa shape index (κ1) is 15.4. The number of nitrogens with two attached hydrogens (primary N) is 2. The van der Waals surface area contributed by atoms with Crippen LogP contribution in [0.15, 0.2) is 30.3 Å². The Balaban J connectivity index is 2.02. The van der Waals surface area contributed by atoms with Gasteiger partial charge in [-0.15, -0.1) is 0 Å². The fourth-order valence-electron chi connectivity index (χ4n) is 1.59. The number of benzene rings is 1. The van der Waals surface area contributed by atoms with Crippen molar-refractivity contribution in [2.75, 3.05) is 18.1 Å². The number of carbonyl (C=O) groups is 1. The summed E-state index contributed by atoms with van der Waals surface area (Å²) < 4.78 is 15.1. The molecular weight excluding hydrogens is 288 g/mol. The number of aromatic nitrogens is 2. The molecule has 0 aliphatic rings. The van der Waals surface area contributed by atoms with E-state index < -0.39 is 6.16 Å². The maximum atomic E-state index is 11.7. The fraction of sp³-hybridized carbons (Fsp3) is 0.214. The highest BCUT2D eigenvalue weighted by Gasteiger charge is 2.17. The molecule has 0 aliphatic heterocycles. The van der Waals surface area contributed by atoms with Crippen molar-refractivity contribution in [2.24, 2.45) is 0 Å². The van der Waals surface area contributed by atoms with Crippen molar-refractivity contribution in [1.82, 2.24) is 9.97 Å². The second kappa shape index (κ2) is 7.11. The summed E-state index contributed by atoms with van der Waals surface area (Å²) in [6.45, 7) is 2.16. The van der Waals surface area contributed by atoms with Gasteiger partial charge in [0.15, 0.2) is 5.69 Å². The van der Waals surface area contributed by atoms with Crippen LogP contribution in [-0.4, -0.2) is 22.7 Å². The minimum atomic E-state index is -0.948. The summed E-state index contributed by atoms with van der Waals surface area (Å²) in [5.41, 5.74) is 12.1. The third kappa shape index (κ3) is 3.98. The highest BCUT2D eigenvalue weighted by Crippen LogP contribution is 2.29. The van der Waals surface area contributed by atoms with E-state index in [1.165, 1.54) is 0 Å². The normalized spacial score (nSPS) is 10.0. The molecule has 8 heteroatoms. The van der Waals surface area contributed by atoms with Gasteiger partial charge < -0.3 is 25.7 Å². The summed E-state index contributed by atoms with van der Waals surface area (Å²) in [5.74, 6) is -0.265. The molecule has 0 atom stereocenters. The molecule has 2 rings (SSSR count). The van der Waals surface area contributed by atoms with E-state index in [0.29, 0.717) is 6.61 Å². The van der Waals surface area contributed by atoms with Gasteiger partial charge >= 0.3 is 6.16 Å². The molecule has 2 aromatic rings. The van der Waals surface area contributed by atoms with Crippen LogP contribution < -0.4 is 20.9 Å². The van der Waals surface area contributed by atoms with Crippen LogP contribution >= 0.6 is 0 Å². The van der Waals surface area contributed by atoms with Gasteiger partial charge in [-0.3, -0.25) is 0 Å². The van der Waals surface area contributed by atoms with E-state index in [1.807, 2.05) is 30.3 Å². The van der Waals surface area contributed by atoms with Crippen LogP contribution in [0.4, 0.5) is 16.4 Å². The molecule has 0 saturated heterocycles. The Bertz CT molecular complexity index is 649. The van der Waals surface area contributed by atoms with Gasteiger partial charge in [-0.05, 0) is 12.5 Å². The van der Waals surface area contributed by atoms with Gasteiger partial charge in [0.1, 0.15) is 6.61 Å². The zero-order valence-electron chi connectivity index (χ0n) is 12.0. The number of rotatable bonds is 5. The van der Waals surface area contributed by atoms with Crippen molar-refractivity contribution in [3.8, 4) is 11.8 Å². The molecule has 22 heavy (non-hydrogen) atoms. The van der Waals surface area contributed by atoms with Crippen molar-refractivity contribution in [2.45, 2.75) is 13.5 Å². The monoisotopic (exact) mass is 304 g/mol. The summed E-state index contributed by atoms with van der Waals surface area (Å²) in [7, 11) is 0. The van der Waals surface area contributed by atoms with Gasteiger partial charge in [0.05, 0.1) is 6.61 Å². The second-order valence-electron chi connectivity index (χ2n) is 4.17. The van der Waals surface area contributed by atoms with Crippen LogP contribution in [0.2, 0.25) is 0 Å². The Morgan fingerprint density at radius 1 is 1.14 bits per heavy atom. The molecule has 0 spiro atoms. The number of hydrogen-bond donors (Lipinski definition) is 2. The molecule has 0 unspecified atom stereocenters. The third-order valence-corrected chi connectivity index (χ3v) is 2.55. The maximum absolute atomic E-state index is 11.7. The summed E-state index contributed by atoms with van der Waals surface area (Å²) in [4.78, 5) is 19.2. The fourth-order valence-corrected chi connectivity index (χ4v) is 1.59. The smallest absolute Gasteiger partial charge is 0.476 e. The second-order valence-corrected chi connectivity index (χ2v) is 4.17. The Kier molecular flexibility index (Phi) is 4.97. The molecule has 0 aliphatic carbocycles. The molecule has 0 bridgehead atoms. The lowest BCUT2D eigenvalue weighted by Crippen LogP contribution is -2.14. The van der Waals surface area contributed by atoms with Gasteiger partial charge in [0, 0.05) is 0 Å². The van der Waals surface area contributed by atoms with Gasteiger partial charge in [0.25, 0.3) is 5.88 Å². The molecule has 1 heterocycles. The molecule has 0 radical (unpaired) electrons. The van der Waals surface area contributed by atoms with E-state index >= 15 is 0 Å². The lowest BCUT2D eigenvalue weighted by Gasteiger charge is -2.10. The standard InChI is InChI=1S/C14H16N4O4/c1-2-20-11-10(15)12(18-13(16)17-11)22-14(19)21-8-9-6-4-3-5-7-9/h3-7H,2,8,15H2,1H3,(H2,16,17,18). The Labute approximate surface area is 127 Å². The maximum Gasteiger partial charge on any atom is 0.515 e. The van der Waals surface area contributed by atoms with Crippen LogP contribution in [0.3, 0.4) is 0 Å². The summed E-state index contributed by atoms with van der Waals surface area (Å²) in [6, 6.07) is 9.17. The van der Waals surface area contributed by atoms with Crippen molar-refractivity contribution in [3.63, 3.8) is 0 Å². The molecule has 116 valence electrons. The molecule has 4 N–H and O–H groups in total. The molecule has 0 saturated carbocycles. The Hall–Kier alpha value is -3.03. The van der Waals surface area contributed by atoms with Crippen LogP contribution in [0, 0.1) is 0 Å². The molecular formula is C14H16N4O4. The van der Waals surface area contributed by atoms with E-state index in [1.54, 1.807) is 6.92 Å². The topological polar surface area (TPSA) is 123 Å². The zero-order chi connectivity index (χ0) is 15.9. The van der Waals surface area contributed by atoms with Gasteiger partial charge in [-0.1, -0.05) is 30.3 Å². The average molecular weight is 304 g/mol. The van der Waals surface area contributed by atoms with Gasteiger partial charge in [-0.25, -0.2) is 4.79 Å². The predicted octanol–water partition coefficient (Wildman–Crippen LogP) is 1.76. The molecule has 1 aromatic heterocycles. The Morgan fingerprint density at radius 2 is 1.82 bits per heavy atom. The van der Waals surface area contributed by atoms with Crippen molar-refractivity contribution < 1.29 is 19.0 Å². The SMILES string of the molecule is CCOc1nc(N)nc(OC(=O)OCc2ccccc2)c1N. The van der Waals surface area contributed by atoms with Gasteiger partial charge in [0.2, 0.25) is 11.8 Å². The number of hydrogen-bond acceptors (Lipinski definition) is 8. The predicted molar refractivity (Wildman–Crippen MR) is 79.3 cm³/mol. The van der Waals surface area contributed by atoms with E-state index in [2.05, 4.69) is 9.97 Å². The molecule has 0 amide bonds. The van der Waals surface area contributed by atoms with E-state index in [-0.39, 0.29) is 30.0 Å². The van der Waals surface area contributed by atoms with Crippen LogP contribution in [0.25, 0.3) is 0 Å². The highest BCUT2D eigenvalue weighted by molar-refractivity contribution is 5.68. The summed E-state index contributed by atoms with van der Waals surface area (Å²) in [5, 5.41) is 0. The van der Waals surface area contributed by atoms with E-state index in [9.17, 15) is 4.79 Å².